The van der Waals surface area contributed by atoms with Crippen molar-refractivity contribution in [1.82, 2.24) is 4.98 Å². The molecule has 1 N–H and O–H groups in total. The van der Waals surface area contributed by atoms with Crippen LogP contribution in [-0.2, 0) is 14.6 Å². The lowest BCUT2D eigenvalue weighted by atomic mass is 10.0. The maximum absolute atomic E-state index is 11.2. The highest BCUT2D eigenvalue weighted by Crippen LogP contribution is 2.42. The molecule has 0 bridgehead atoms. The van der Waals surface area contributed by atoms with Crippen LogP contribution in [0.15, 0.2) is 60.8 Å². The third kappa shape index (κ3) is 7.21. The molecule has 1 aliphatic heterocycles. The van der Waals surface area contributed by atoms with E-state index in [0.29, 0.717) is 31.9 Å². The monoisotopic (exact) mass is 527 g/mol. The number of benzene rings is 2. The van der Waals surface area contributed by atoms with Gasteiger partial charge in [0.15, 0.2) is 6.10 Å². The molecule has 0 amide bonds. The Morgan fingerprint density at radius 3 is 2.62 bits per heavy atom. The average molecular weight is 528 g/mol. The Bertz CT molecular complexity index is 1250. The van der Waals surface area contributed by atoms with Crippen LogP contribution in [0.2, 0.25) is 0 Å². The normalized spacial score (nSPS) is 15.6. The predicted octanol–water partition coefficient (Wildman–Crippen LogP) is 4.53. The fourth-order valence-electron chi connectivity index (χ4n) is 4.26. The van der Waals surface area contributed by atoms with Gasteiger partial charge < -0.3 is 24.1 Å². The number of aliphatic hydroxyl groups is 1. The summed E-state index contributed by atoms with van der Waals surface area (Å²) in [5.41, 5.74) is 3.77. The van der Waals surface area contributed by atoms with Crippen molar-refractivity contribution in [3.63, 3.8) is 0 Å². The Labute approximate surface area is 218 Å². The second-order valence-corrected chi connectivity index (χ2v) is 11.1. The maximum Gasteiger partial charge on any atom is 0.213 e. The molecule has 0 saturated heterocycles. The van der Waals surface area contributed by atoms with Crippen LogP contribution in [0.1, 0.15) is 43.1 Å². The Balaban J connectivity index is 1.41. The number of sulfone groups is 1. The van der Waals surface area contributed by atoms with E-state index in [0.717, 1.165) is 33.8 Å². The minimum Gasteiger partial charge on any atom is -0.488 e. The van der Waals surface area contributed by atoms with Gasteiger partial charge in [-0.3, -0.25) is 0 Å². The lowest BCUT2D eigenvalue weighted by Crippen LogP contribution is -2.09. The van der Waals surface area contributed by atoms with E-state index in [9.17, 15) is 13.5 Å². The zero-order valence-electron chi connectivity index (χ0n) is 21.1. The van der Waals surface area contributed by atoms with Gasteiger partial charge in [0.2, 0.25) is 5.88 Å². The number of aromatic nitrogens is 1. The minimum atomic E-state index is -3.00. The molecule has 2 aromatic carbocycles. The second kappa shape index (κ2) is 12.4. The molecule has 0 spiro atoms. The Kier molecular flexibility index (Phi) is 9.02. The number of pyridine rings is 1. The molecule has 9 heteroatoms. The summed E-state index contributed by atoms with van der Waals surface area (Å²) in [4.78, 5) is 4.37. The fraction of sp³-hybridized carbons (Fsp3) is 0.393. The van der Waals surface area contributed by atoms with Gasteiger partial charge in [0.1, 0.15) is 27.9 Å². The Hall–Kier alpha value is -3.14. The highest BCUT2D eigenvalue weighted by atomic mass is 32.2. The maximum atomic E-state index is 11.2. The first-order chi connectivity index (χ1) is 17.9. The van der Waals surface area contributed by atoms with Gasteiger partial charge in [0.05, 0.1) is 18.5 Å². The molecule has 2 atom stereocenters. The largest absolute Gasteiger partial charge is 0.488 e. The van der Waals surface area contributed by atoms with Gasteiger partial charge in [0, 0.05) is 54.8 Å². The van der Waals surface area contributed by atoms with E-state index in [2.05, 4.69) is 4.98 Å². The zero-order valence-corrected chi connectivity index (χ0v) is 21.9. The van der Waals surface area contributed by atoms with Crippen LogP contribution in [-0.4, -0.2) is 56.9 Å². The van der Waals surface area contributed by atoms with E-state index in [1.807, 2.05) is 55.5 Å². The predicted molar refractivity (Wildman–Crippen MR) is 141 cm³/mol. The molecule has 8 nitrogen and oxygen atoms in total. The number of ether oxygens (including phenoxy) is 4. The smallest absolute Gasteiger partial charge is 0.213 e. The molecule has 0 unspecified atom stereocenters. The lowest BCUT2D eigenvalue weighted by Gasteiger charge is -2.18. The lowest BCUT2D eigenvalue weighted by molar-refractivity contribution is 0.0431. The van der Waals surface area contributed by atoms with Crippen molar-refractivity contribution in [2.45, 2.75) is 32.0 Å². The summed E-state index contributed by atoms with van der Waals surface area (Å²) in [5.74, 6) is 2.03. The first kappa shape index (κ1) is 26.9. The van der Waals surface area contributed by atoms with Crippen molar-refractivity contribution < 1.29 is 32.5 Å². The van der Waals surface area contributed by atoms with Crippen molar-refractivity contribution in [2.24, 2.45) is 0 Å². The van der Waals surface area contributed by atoms with Crippen LogP contribution in [0.25, 0.3) is 11.1 Å². The molecule has 3 aromatic rings. The quantitative estimate of drug-likeness (QED) is 0.323. The standard InChI is InChI=1S/C28H33NO7S/c1-3-33-25(14-15-30)20-8-11-22(12-9-20)36-26-19-35-28-23(6-4-7-24(26)28)21-10-13-27(29-18-21)34-16-5-17-37(2,31)32/h4,6-13,18,25-26,30H,3,5,14-17,19H2,1-2H3/t25-,26+/m0/s1. The third-order valence-corrected chi connectivity index (χ3v) is 7.05. The number of aliphatic hydroxyl groups excluding tert-OH is 1. The van der Waals surface area contributed by atoms with Gasteiger partial charge in [-0.05, 0) is 37.1 Å². The second-order valence-electron chi connectivity index (χ2n) is 8.88. The summed E-state index contributed by atoms with van der Waals surface area (Å²) in [6.07, 6.45) is 3.52. The summed E-state index contributed by atoms with van der Waals surface area (Å²) in [6, 6.07) is 17.4. The molecule has 0 fully saturated rings. The van der Waals surface area contributed by atoms with E-state index < -0.39 is 9.84 Å². The van der Waals surface area contributed by atoms with Crippen molar-refractivity contribution in [2.75, 3.05) is 38.4 Å². The highest BCUT2D eigenvalue weighted by Gasteiger charge is 2.28. The van der Waals surface area contributed by atoms with Crippen LogP contribution in [0, 0.1) is 0 Å². The summed E-state index contributed by atoms with van der Waals surface area (Å²) in [7, 11) is -3.00. The topological polar surface area (TPSA) is 104 Å². The molecule has 1 aliphatic rings. The molecule has 0 radical (unpaired) electrons. The molecule has 1 aromatic heterocycles. The summed E-state index contributed by atoms with van der Waals surface area (Å²) >= 11 is 0. The number of nitrogens with zero attached hydrogens (tertiary/aromatic N) is 1. The molecule has 37 heavy (non-hydrogen) atoms. The van der Waals surface area contributed by atoms with Crippen molar-refractivity contribution in [1.29, 1.82) is 0 Å². The van der Waals surface area contributed by atoms with Crippen molar-refractivity contribution >= 4 is 9.84 Å². The van der Waals surface area contributed by atoms with Crippen LogP contribution >= 0.6 is 0 Å². The summed E-state index contributed by atoms with van der Waals surface area (Å²) < 4.78 is 46.1. The summed E-state index contributed by atoms with van der Waals surface area (Å²) in [6.45, 7) is 3.28. The SMILES string of the molecule is CCO[C@@H](CCO)c1ccc(O[C@@H]2COc3c(-c4ccc(OCCCS(C)(=O)=O)nc4)cccc32)cc1. The number of rotatable bonds is 13. The van der Waals surface area contributed by atoms with Crippen LogP contribution in [0.3, 0.4) is 0 Å². The average Bonchev–Trinajstić information content (AvgIpc) is 3.30. The number of hydrogen-bond acceptors (Lipinski definition) is 8. The van der Waals surface area contributed by atoms with E-state index in [1.54, 1.807) is 12.3 Å². The number of fused-ring (bicyclic) bond motifs is 1. The van der Waals surface area contributed by atoms with E-state index in [4.69, 9.17) is 18.9 Å². The van der Waals surface area contributed by atoms with E-state index in [-0.39, 0.29) is 31.2 Å². The molecule has 198 valence electrons. The molecule has 2 heterocycles. The Morgan fingerprint density at radius 1 is 1.14 bits per heavy atom. The van der Waals surface area contributed by atoms with E-state index in [1.165, 1.54) is 6.26 Å². The van der Waals surface area contributed by atoms with Crippen molar-refractivity contribution in [3.8, 4) is 28.5 Å². The third-order valence-electron chi connectivity index (χ3n) is 6.02. The van der Waals surface area contributed by atoms with Gasteiger partial charge in [-0.15, -0.1) is 0 Å². The minimum absolute atomic E-state index is 0.0676. The van der Waals surface area contributed by atoms with Gasteiger partial charge >= 0.3 is 0 Å². The van der Waals surface area contributed by atoms with Gasteiger partial charge in [-0.1, -0.05) is 30.3 Å². The van der Waals surface area contributed by atoms with Crippen LogP contribution in [0.5, 0.6) is 17.4 Å². The molecule has 0 saturated carbocycles. The molecule has 4 rings (SSSR count). The van der Waals surface area contributed by atoms with Crippen LogP contribution in [0.4, 0.5) is 0 Å². The first-order valence-corrected chi connectivity index (χ1v) is 14.5. The summed E-state index contributed by atoms with van der Waals surface area (Å²) in [5, 5.41) is 9.30. The van der Waals surface area contributed by atoms with Gasteiger partial charge in [0.25, 0.3) is 0 Å². The highest BCUT2D eigenvalue weighted by molar-refractivity contribution is 7.90. The number of para-hydroxylation sites is 1. The Morgan fingerprint density at radius 2 is 1.95 bits per heavy atom. The number of hydrogen-bond donors (Lipinski definition) is 1. The first-order valence-electron chi connectivity index (χ1n) is 12.4. The van der Waals surface area contributed by atoms with Crippen molar-refractivity contribution in [3.05, 3.63) is 71.9 Å². The van der Waals surface area contributed by atoms with Gasteiger partial charge in [-0.2, -0.15) is 0 Å². The van der Waals surface area contributed by atoms with E-state index >= 15 is 0 Å². The molecule has 0 aliphatic carbocycles. The molecular formula is C28H33NO7S. The van der Waals surface area contributed by atoms with Gasteiger partial charge in [-0.25, -0.2) is 13.4 Å². The zero-order chi connectivity index (χ0) is 26.3. The molecular weight excluding hydrogens is 494 g/mol. The van der Waals surface area contributed by atoms with Crippen LogP contribution < -0.4 is 14.2 Å². The fourth-order valence-corrected chi connectivity index (χ4v) is 4.90.